The second-order valence-corrected chi connectivity index (χ2v) is 7.42. The van der Waals surface area contributed by atoms with E-state index >= 15 is 0 Å². The third-order valence-corrected chi connectivity index (χ3v) is 5.03. The summed E-state index contributed by atoms with van der Waals surface area (Å²) in [5.74, 6) is 0.695. The SMILES string of the molecule is CCOC(=O)CC/C(C)=C/Cc1cc2cc(OCc3ccccc3)ccc2nc1C. The molecule has 4 heteroatoms. The third kappa shape index (κ3) is 6.18. The van der Waals surface area contributed by atoms with Gasteiger partial charge in [-0.15, -0.1) is 0 Å². The van der Waals surface area contributed by atoms with E-state index < -0.39 is 0 Å². The molecule has 0 N–H and O–H groups in total. The average Bonchev–Trinajstić information content (AvgIpc) is 2.75. The first kappa shape index (κ1) is 21.6. The summed E-state index contributed by atoms with van der Waals surface area (Å²) in [5, 5.41) is 1.07. The maximum Gasteiger partial charge on any atom is 0.306 e. The van der Waals surface area contributed by atoms with Crippen LogP contribution in [0.15, 0.2) is 66.2 Å². The number of esters is 1. The summed E-state index contributed by atoms with van der Waals surface area (Å²) in [5.41, 5.74) is 5.49. The van der Waals surface area contributed by atoms with Gasteiger partial charge < -0.3 is 9.47 Å². The van der Waals surface area contributed by atoms with Gasteiger partial charge in [0.05, 0.1) is 12.1 Å². The Labute approximate surface area is 178 Å². The molecule has 2 aromatic carbocycles. The normalized spacial score (nSPS) is 11.5. The summed E-state index contributed by atoms with van der Waals surface area (Å²) in [6.07, 6.45) is 4.10. The summed E-state index contributed by atoms with van der Waals surface area (Å²) < 4.78 is 11.0. The second-order valence-electron chi connectivity index (χ2n) is 7.42. The lowest BCUT2D eigenvalue weighted by Crippen LogP contribution is -2.03. The van der Waals surface area contributed by atoms with Gasteiger partial charge in [0.25, 0.3) is 0 Å². The van der Waals surface area contributed by atoms with Crippen LogP contribution in [-0.2, 0) is 22.6 Å². The van der Waals surface area contributed by atoms with E-state index in [0.717, 1.165) is 40.8 Å². The standard InChI is InChI=1S/C26H29NO3/c1-4-29-26(28)15-11-19(2)10-12-22-16-23-17-24(13-14-25(23)27-20(22)3)30-18-21-8-6-5-7-9-21/h5-10,13-14,16-17H,4,11-12,15,18H2,1-3H3/b19-10+. The molecule has 3 rings (SSSR count). The zero-order valence-corrected chi connectivity index (χ0v) is 18.0. The molecule has 0 aliphatic rings. The number of carbonyl (C=O) groups excluding carboxylic acids is 1. The Bertz CT molecular complexity index is 1030. The summed E-state index contributed by atoms with van der Waals surface area (Å²) in [6.45, 7) is 6.89. The van der Waals surface area contributed by atoms with Crippen LogP contribution in [0.2, 0.25) is 0 Å². The van der Waals surface area contributed by atoms with Crippen molar-refractivity contribution in [3.63, 3.8) is 0 Å². The number of ether oxygens (including phenoxy) is 2. The lowest BCUT2D eigenvalue weighted by Gasteiger charge is -2.10. The Balaban J connectivity index is 1.68. The Morgan fingerprint density at radius 1 is 1.07 bits per heavy atom. The number of allylic oxidation sites excluding steroid dienone is 2. The minimum atomic E-state index is -0.142. The molecule has 0 amide bonds. The maximum atomic E-state index is 11.5. The van der Waals surface area contributed by atoms with Gasteiger partial charge in [0.15, 0.2) is 0 Å². The van der Waals surface area contributed by atoms with Gasteiger partial charge in [0.2, 0.25) is 0 Å². The predicted molar refractivity (Wildman–Crippen MR) is 121 cm³/mol. The van der Waals surface area contributed by atoms with Crippen molar-refractivity contribution in [1.29, 1.82) is 0 Å². The van der Waals surface area contributed by atoms with Crippen LogP contribution in [0.25, 0.3) is 10.9 Å². The van der Waals surface area contributed by atoms with Gasteiger partial charge in [0, 0.05) is 17.5 Å². The van der Waals surface area contributed by atoms with E-state index in [1.807, 2.05) is 50.2 Å². The number of fused-ring (bicyclic) bond motifs is 1. The first-order chi connectivity index (χ1) is 14.5. The Morgan fingerprint density at radius 3 is 2.63 bits per heavy atom. The van der Waals surface area contributed by atoms with Gasteiger partial charge in [-0.1, -0.05) is 42.0 Å². The van der Waals surface area contributed by atoms with E-state index in [2.05, 4.69) is 31.2 Å². The minimum Gasteiger partial charge on any atom is -0.489 e. The van der Waals surface area contributed by atoms with Crippen LogP contribution < -0.4 is 4.74 Å². The fourth-order valence-electron chi connectivity index (χ4n) is 3.25. The maximum absolute atomic E-state index is 11.5. The predicted octanol–water partition coefficient (Wildman–Crippen LogP) is 5.95. The molecule has 0 bridgehead atoms. The first-order valence-corrected chi connectivity index (χ1v) is 10.4. The van der Waals surface area contributed by atoms with E-state index in [0.29, 0.717) is 19.6 Å². The summed E-state index contributed by atoms with van der Waals surface area (Å²) in [7, 11) is 0. The zero-order chi connectivity index (χ0) is 21.3. The van der Waals surface area contributed by atoms with Crippen LogP contribution in [0, 0.1) is 6.92 Å². The smallest absolute Gasteiger partial charge is 0.306 e. The average molecular weight is 404 g/mol. The topological polar surface area (TPSA) is 48.4 Å². The van der Waals surface area contributed by atoms with E-state index in [1.165, 1.54) is 11.1 Å². The molecule has 30 heavy (non-hydrogen) atoms. The van der Waals surface area contributed by atoms with Gasteiger partial charge in [-0.05, 0) is 69.0 Å². The zero-order valence-electron chi connectivity index (χ0n) is 18.0. The van der Waals surface area contributed by atoms with Gasteiger partial charge in [-0.2, -0.15) is 0 Å². The number of nitrogens with zero attached hydrogens (tertiary/aromatic N) is 1. The molecule has 0 aliphatic heterocycles. The van der Waals surface area contributed by atoms with Crippen molar-refractivity contribution in [3.05, 3.63) is 83.1 Å². The van der Waals surface area contributed by atoms with E-state index in [9.17, 15) is 4.79 Å². The van der Waals surface area contributed by atoms with Crippen LogP contribution in [0.5, 0.6) is 5.75 Å². The lowest BCUT2D eigenvalue weighted by molar-refractivity contribution is -0.143. The van der Waals surface area contributed by atoms with Crippen molar-refractivity contribution < 1.29 is 14.3 Å². The number of pyridine rings is 1. The summed E-state index contributed by atoms with van der Waals surface area (Å²) >= 11 is 0. The van der Waals surface area contributed by atoms with Gasteiger partial charge in [-0.3, -0.25) is 9.78 Å². The first-order valence-electron chi connectivity index (χ1n) is 10.4. The van der Waals surface area contributed by atoms with Crippen LogP contribution >= 0.6 is 0 Å². The molecule has 1 heterocycles. The molecule has 0 fully saturated rings. The minimum absolute atomic E-state index is 0.142. The number of hydrogen-bond donors (Lipinski definition) is 0. The van der Waals surface area contributed by atoms with E-state index in [1.54, 1.807) is 0 Å². The Kier molecular flexibility index (Phi) is 7.61. The Hall–Kier alpha value is -3.14. The van der Waals surface area contributed by atoms with Crippen LogP contribution in [0.1, 0.15) is 43.5 Å². The molecule has 0 radical (unpaired) electrons. The van der Waals surface area contributed by atoms with Crippen LogP contribution in [-0.4, -0.2) is 17.6 Å². The van der Waals surface area contributed by atoms with Crippen LogP contribution in [0.4, 0.5) is 0 Å². The van der Waals surface area contributed by atoms with Gasteiger partial charge >= 0.3 is 5.97 Å². The number of rotatable bonds is 9. The van der Waals surface area contributed by atoms with E-state index in [4.69, 9.17) is 14.5 Å². The van der Waals surface area contributed by atoms with Gasteiger partial charge in [0.1, 0.15) is 12.4 Å². The van der Waals surface area contributed by atoms with Crippen LogP contribution in [0.3, 0.4) is 0 Å². The van der Waals surface area contributed by atoms with Crippen molar-refractivity contribution in [2.45, 2.75) is 46.6 Å². The number of carbonyl (C=O) groups is 1. The number of aromatic nitrogens is 1. The third-order valence-electron chi connectivity index (χ3n) is 5.03. The van der Waals surface area contributed by atoms with Crippen molar-refractivity contribution in [1.82, 2.24) is 4.98 Å². The molecule has 4 nitrogen and oxygen atoms in total. The fraction of sp³-hybridized carbons (Fsp3) is 0.308. The Morgan fingerprint density at radius 2 is 1.87 bits per heavy atom. The molecule has 0 aliphatic carbocycles. The highest BCUT2D eigenvalue weighted by Gasteiger charge is 2.06. The largest absolute Gasteiger partial charge is 0.489 e. The number of hydrogen-bond acceptors (Lipinski definition) is 4. The molecular formula is C26H29NO3. The summed E-state index contributed by atoms with van der Waals surface area (Å²) in [6, 6.07) is 18.3. The second kappa shape index (κ2) is 10.6. The molecule has 3 aromatic rings. The quantitative estimate of drug-likeness (QED) is 0.327. The summed E-state index contributed by atoms with van der Waals surface area (Å²) in [4.78, 5) is 16.3. The molecule has 156 valence electrons. The van der Waals surface area contributed by atoms with Crippen molar-refractivity contribution in [2.75, 3.05) is 6.61 Å². The molecule has 0 spiro atoms. The molecule has 0 atom stereocenters. The molecule has 1 aromatic heterocycles. The lowest BCUT2D eigenvalue weighted by atomic mass is 10.0. The highest BCUT2D eigenvalue weighted by Crippen LogP contribution is 2.23. The van der Waals surface area contributed by atoms with E-state index in [-0.39, 0.29) is 5.97 Å². The highest BCUT2D eigenvalue weighted by atomic mass is 16.5. The van der Waals surface area contributed by atoms with Gasteiger partial charge in [-0.25, -0.2) is 0 Å². The van der Waals surface area contributed by atoms with Crippen molar-refractivity contribution >= 4 is 16.9 Å². The van der Waals surface area contributed by atoms with Crippen molar-refractivity contribution in [3.8, 4) is 5.75 Å². The number of benzene rings is 2. The molecule has 0 saturated carbocycles. The molecule has 0 unspecified atom stereocenters. The number of aryl methyl sites for hydroxylation is 1. The monoisotopic (exact) mass is 403 g/mol. The highest BCUT2D eigenvalue weighted by molar-refractivity contribution is 5.81. The molecular weight excluding hydrogens is 374 g/mol. The molecule has 0 saturated heterocycles. The van der Waals surface area contributed by atoms with Crippen molar-refractivity contribution in [2.24, 2.45) is 0 Å². The fourth-order valence-corrected chi connectivity index (χ4v) is 3.25.